The van der Waals surface area contributed by atoms with Gasteiger partial charge in [-0.1, -0.05) is 18.2 Å². The summed E-state index contributed by atoms with van der Waals surface area (Å²) in [6.07, 6.45) is 0.817. The van der Waals surface area contributed by atoms with Crippen LogP contribution in [0.25, 0.3) is 0 Å². The summed E-state index contributed by atoms with van der Waals surface area (Å²) in [7, 11) is 0. The monoisotopic (exact) mass is 365 g/mol. The van der Waals surface area contributed by atoms with Crippen molar-refractivity contribution in [3.8, 4) is 0 Å². The van der Waals surface area contributed by atoms with Crippen molar-refractivity contribution in [2.75, 3.05) is 26.2 Å². The number of piperidine rings is 1. The summed E-state index contributed by atoms with van der Waals surface area (Å²) >= 11 is 0. The molecule has 2 N–H and O–H groups in total. The normalized spacial score (nSPS) is 14.6. The lowest BCUT2D eigenvalue weighted by Gasteiger charge is -2.31. The topological polar surface area (TPSA) is 87.7 Å². The number of carbonyl (C=O) groups excluding carboxylic acids is 3. The van der Waals surface area contributed by atoms with Gasteiger partial charge in [0.1, 0.15) is 5.82 Å². The van der Waals surface area contributed by atoms with Crippen LogP contribution >= 0.6 is 0 Å². The van der Waals surface area contributed by atoms with E-state index in [-0.39, 0.29) is 36.6 Å². The lowest BCUT2D eigenvalue weighted by molar-refractivity contribution is -0.126. The molecule has 0 saturated carbocycles. The zero-order chi connectivity index (χ0) is 18.9. The Bertz CT molecular complexity index is 645. The molecule has 1 fully saturated rings. The molecule has 0 atom stereocenters. The molecule has 0 unspecified atom stereocenters. The van der Waals surface area contributed by atoms with Crippen molar-refractivity contribution in [3.63, 3.8) is 0 Å². The minimum atomic E-state index is -0.444. The predicted molar refractivity (Wildman–Crippen MR) is 92.9 cm³/mol. The van der Waals surface area contributed by atoms with Crippen LogP contribution in [-0.4, -0.2) is 55.1 Å². The highest BCUT2D eigenvalue weighted by atomic mass is 19.1. The molecule has 3 amide bonds. The summed E-state index contributed by atoms with van der Waals surface area (Å²) in [5.74, 6) is -1.16. The first-order valence-electron chi connectivity index (χ1n) is 8.70. The lowest BCUT2D eigenvalue weighted by Crippen LogP contribution is -2.48. The average molecular weight is 365 g/mol. The third kappa shape index (κ3) is 6.02. The van der Waals surface area contributed by atoms with E-state index in [9.17, 15) is 18.8 Å². The third-order valence-corrected chi connectivity index (χ3v) is 4.14. The van der Waals surface area contributed by atoms with Gasteiger partial charge >= 0.3 is 6.09 Å². The number of nitrogens with zero attached hydrogens (tertiary/aromatic N) is 1. The first-order valence-corrected chi connectivity index (χ1v) is 8.70. The molecule has 0 aliphatic carbocycles. The molecular weight excluding hydrogens is 341 g/mol. The van der Waals surface area contributed by atoms with Crippen molar-refractivity contribution in [3.05, 3.63) is 35.6 Å². The minimum absolute atomic E-state index is 0.0448. The van der Waals surface area contributed by atoms with Gasteiger partial charge in [0.2, 0.25) is 11.8 Å². The molecule has 0 bridgehead atoms. The molecule has 26 heavy (non-hydrogen) atoms. The van der Waals surface area contributed by atoms with E-state index in [0.29, 0.717) is 32.5 Å². The van der Waals surface area contributed by atoms with Gasteiger partial charge in [-0.3, -0.25) is 9.59 Å². The third-order valence-electron chi connectivity index (χ3n) is 4.14. The van der Waals surface area contributed by atoms with Gasteiger partial charge in [-0.05, 0) is 31.4 Å². The van der Waals surface area contributed by atoms with Crippen LogP contribution in [0.3, 0.4) is 0 Å². The van der Waals surface area contributed by atoms with E-state index in [1.165, 1.54) is 12.1 Å². The highest BCUT2D eigenvalue weighted by molar-refractivity contribution is 5.85. The number of benzene rings is 1. The van der Waals surface area contributed by atoms with Crippen molar-refractivity contribution in [2.24, 2.45) is 0 Å². The Morgan fingerprint density at radius 1 is 1.19 bits per heavy atom. The number of rotatable bonds is 6. The zero-order valence-electron chi connectivity index (χ0n) is 14.8. The Balaban J connectivity index is 1.67. The standard InChI is InChI=1S/C18H24FN3O4/c1-2-26-18(25)22-9-7-14(8-10-22)21-17(24)12-20-16(23)11-13-5-3-4-6-15(13)19/h3-6,14H,2,7-12H2,1H3,(H,20,23)(H,21,24). The van der Waals surface area contributed by atoms with E-state index in [1.54, 1.807) is 24.0 Å². The van der Waals surface area contributed by atoms with Gasteiger partial charge in [0, 0.05) is 19.1 Å². The fraction of sp³-hybridized carbons (Fsp3) is 0.500. The van der Waals surface area contributed by atoms with Gasteiger partial charge in [-0.2, -0.15) is 0 Å². The predicted octanol–water partition coefficient (Wildman–Crippen LogP) is 1.22. The van der Waals surface area contributed by atoms with E-state index >= 15 is 0 Å². The van der Waals surface area contributed by atoms with Crippen molar-refractivity contribution >= 4 is 17.9 Å². The lowest BCUT2D eigenvalue weighted by atomic mass is 10.1. The number of amides is 3. The van der Waals surface area contributed by atoms with E-state index in [4.69, 9.17) is 4.74 Å². The maximum absolute atomic E-state index is 13.5. The molecule has 2 rings (SSSR count). The molecule has 0 aromatic heterocycles. The highest BCUT2D eigenvalue weighted by Gasteiger charge is 2.24. The summed E-state index contributed by atoms with van der Waals surface area (Å²) in [5.41, 5.74) is 0.289. The SMILES string of the molecule is CCOC(=O)N1CCC(NC(=O)CNC(=O)Cc2ccccc2F)CC1. The van der Waals surface area contributed by atoms with Gasteiger partial charge in [0.25, 0.3) is 0 Å². The Labute approximate surface area is 151 Å². The molecular formula is C18H24FN3O4. The summed E-state index contributed by atoms with van der Waals surface area (Å²) < 4.78 is 18.4. The Morgan fingerprint density at radius 2 is 1.88 bits per heavy atom. The summed E-state index contributed by atoms with van der Waals surface area (Å²) in [5, 5.41) is 5.32. The molecule has 1 saturated heterocycles. The first-order chi connectivity index (χ1) is 12.5. The van der Waals surface area contributed by atoms with Gasteiger partial charge in [0.15, 0.2) is 0 Å². The molecule has 0 spiro atoms. The van der Waals surface area contributed by atoms with Crippen molar-refractivity contribution < 1.29 is 23.5 Å². The van der Waals surface area contributed by atoms with Crippen molar-refractivity contribution in [1.29, 1.82) is 0 Å². The maximum Gasteiger partial charge on any atom is 0.409 e. The van der Waals surface area contributed by atoms with Crippen LogP contribution in [0.4, 0.5) is 9.18 Å². The number of hydrogen-bond donors (Lipinski definition) is 2. The number of carbonyl (C=O) groups is 3. The molecule has 8 heteroatoms. The van der Waals surface area contributed by atoms with Crippen LogP contribution in [0.1, 0.15) is 25.3 Å². The Hall–Kier alpha value is -2.64. The molecule has 142 valence electrons. The molecule has 1 aromatic carbocycles. The van der Waals surface area contributed by atoms with Crippen LogP contribution < -0.4 is 10.6 Å². The Morgan fingerprint density at radius 3 is 2.54 bits per heavy atom. The van der Waals surface area contributed by atoms with Crippen LogP contribution in [-0.2, 0) is 20.7 Å². The van der Waals surface area contributed by atoms with Crippen molar-refractivity contribution in [2.45, 2.75) is 32.2 Å². The smallest absolute Gasteiger partial charge is 0.409 e. The molecule has 0 radical (unpaired) electrons. The second kappa shape index (κ2) is 9.74. The largest absolute Gasteiger partial charge is 0.450 e. The van der Waals surface area contributed by atoms with E-state index in [2.05, 4.69) is 10.6 Å². The van der Waals surface area contributed by atoms with Crippen LogP contribution in [0.2, 0.25) is 0 Å². The number of hydrogen-bond acceptors (Lipinski definition) is 4. The van der Waals surface area contributed by atoms with Gasteiger partial charge in [-0.15, -0.1) is 0 Å². The maximum atomic E-state index is 13.5. The second-order valence-electron chi connectivity index (χ2n) is 6.07. The van der Waals surface area contributed by atoms with Crippen molar-refractivity contribution in [1.82, 2.24) is 15.5 Å². The molecule has 1 heterocycles. The quantitative estimate of drug-likeness (QED) is 0.794. The molecule has 1 aliphatic rings. The number of halogens is 1. The molecule has 1 aliphatic heterocycles. The zero-order valence-corrected chi connectivity index (χ0v) is 14.8. The molecule has 1 aromatic rings. The fourth-order valence-electron chi connectivity index (χ4n) is 2.76. The fourth-order valence-corrected chi connectivity index (χ4v) is 2.76. The van der Waals surface area contributed by atoms with Crippen LogP contribution in [0.5, 0.6) is 0 Å². The van der Waals surface area contributed by atoms with E-state index in [0.717, 1.165) is 0 Å². The first kappa shape index (κ1) is 19.7. The number of likely N-dealkylation sites (tertiary alicyclic amines) is 1. The van der Waals surface area contributed by atoms with Gasteiger partial charge < -0.3 is 20.3 Å². The average Bonchev–Trinajstić information content (AvgIpc) is 2.63. The minimum Gasteiger partial charge on any atom is -0.450 e. The summed E-state index contributed by atoms with van der Waals surface area (Å²) in [4.78, 5) is 37.0. The number of nitrogens with one attached hydrogen (secondary N) is 2. The Kier molecular flexibility index (Phi) is 7.37. The van der Waals surface area contributed by atoms with Crippen LogP contribution in [0.15, 0.2) is 24.3 Å². The highest BCUT2D eigenvalue weighted by Crippen LogP contribution is 2.11. The van der Waals surface area contributed by atoms with Gasteiger partial charge in [-0.25, -0.2) is 9.18 Å². The molecule has 7 nitrogen and oxygen atoms in total. The van der Waals surface area contributed by atoms with Crippen LogP contribution in [0, 0.1) is 5.82 Å². The van der Waals surface area contributed by atoms with Gasteiger partial charge in [0.05, 0.1) is 19.6 Å². The van der Waals surface area contributed by atoms with E-state index < -0.39 is 11.7 Å². The number of ether oxygens (including phenoxy) is 1. The summed E-state index contributed by atoms with van der Waals surface area (Å²) in [6, 6.07) is 5.99. The van der Waals surface area contributed by atoms with E-state index in [1.807, 2.05) is 0 Å². The second-order valence-corrected chi connectivity index (χ2v) is 6.07. The summed E-state index contributed by atoms with van der Waals surface area (Å²) in [6.45, 7) is 2.96.